The lowest BCUT2D eigenvalue weighted by Crippen LogP contribution is -2.33. The van der Waals surface area contributed by atoms with Crippen LogP contribution in [-0.4, -0.2) is 17.8 Å². The van der Waals surface area contributed by atoms with E-state index in [4.69, 9.17) is 26.2 Å². The van der Waals surface area contributed by atoms with Crippen molar-refractivity contribution in [2.45, 2.75) is 18.7 Å². The van der Waals surface area contributed by atoms with Crippen LogP contribution in [0.2, 0.25) is 5.02 Å². The van der Waals surface area contributed by atoms with Gasteiger partial charge in [-0.15, -0.1) is 0 Å². The largest absolute Gasteiger partial charge is 0.493 e. The minimum absolute atomic E-state index is 0.0923. The van der Waals surface area contributed by atoms with Gasteiger partial charge in [-0.3, -0.25) is 0 Å². The number of benzene rings is 3. The van der Waals surface area contributed by atoms with Crippen molar-refractivity contribution in [3.05, 3.63) is 94.5 Å². The molecular weight excluding hydrogens is 372 g/mol. The highest BCUT2D eigenvalue weighted by Crippen LogP contribution is 2.50. The molecule has 2 aliphatic rings. The number of para-hydroxylation sites is 1. The normalized spacial score (nSPS) is 20.1. The lowest BCUT2D eigenvalue weighted by molar-refractivity contribution is -0.0208. The van der Waals surface area contributed by atoms with E-state index in [1.54, 1.807) is 7.11 Å². The van der Waals surface area contributed by atoms with Crippen molar-refractivity contribution < 1.29 is 9.47 Å². The minimum atomic E-state index is -0.340. The molecule has 4 nitrogen and oxygen atoms in total. The van der Waals surface area contributed by atoms with E-state index in [0.717, 1.165) is 40.3 Å². The molecule has 2 atom stereocenters. The number of hydrogen-bond acceptors (Lipinski definition) is 4. The molecule has 0 fully saturated rings. The number of halogens is 1. The highest BCUT2D eigenvalue weighted by molar-refractivity contribution is 6.30. The average molecular weight is 391 g/mol. The number of fused-ring (bicyclic) bond motifs is 3. The van der Waals surface area contributed by atoms with Crippen LogP contribution in [0, 0.1) is 0 Å². The van der Waals surface area contributed by atoms with Gasteiger partial charge in [0.05, 0.1) is 18.9 Å². The Morgan fingerprint density at radius 3 is 2.54 bits per heavy atom. The van der Waals surface area contributed by atoms with Gasteiger partial charge in [0.1, 0.15) is 0 Å². The fourth-order valence-corrected chi connectivity index (χ4v) is 4.02. The van der Waals surface area contributed by atoms with E-state index in [-0.39, 0.29) is 12.3 Å². The first kappa shape index (κ1) is 17.1. The van der Waals surface area contributed by atoms with E-state index in [1.165, 1.54) is 0 Å². The van der Waals surface area contributed by atoms with E-state index in [0.29, 0.717) is 5.02 Å². The summed E-state index contributed by atoms with van der Waals surface area (Å²) in [6.07, 6.45) is 0.477. The maximum atomic E-state index is 6.43. The lowest BCUT2D eigenvalue weighted by Gasteiger charge is -2.38. The Morgan fingerprint density at radius 1 is 1.00 bits per heavy atom. The Balaban J connectivity index is 1.62. The smallest absolute Gasteiger partial charge is 0.214 e. The van der Waals surface area contributed by atoms with Gasteiger partial charge in [-0.1, -0.05) is 66.2 Å². The molecule has 0 spiro atoms. The second-order valence-corrected chi connectivity index (χ2v) is 7.35. The molecule has 5 heteroatoms. The van der Waals surface area contributed by atoms with E-state index >= 15 is 0 Å². The van der Waals surface area contributed by atoms with Gasteiger partial charge in [-0.05, 0) is 23.8 Å². The van der Waals surface area contributed by atoms with Gasteiger partial charge in [0.15, 0.2) is 11.5 Å². The SMILES string of the molecule is COc1cccc2c1OC(c1ccc(Cl)cc1)N1N=C(c3ccccc3)CC21. The molecule has 2 unspecified atom stereocenters. The monoisotopic (exact) mass is 390 g/mol. The van der Waals surface area contributed by atoms with Gasteiger partial charge in [0, 0.05) is 22.6 Å². The molecule has 0 bridgehead atoms. The molecule has 2 aliphatic heterocycles. The van der Waals surface area contributed by atoms with Crippen molar-refractivity contribution in [3.63, 3.8) is 0 Å². The topological polar surface area (TPSA) is 34.1 Å². The van der Waals surface area contributed by atoms with Crippen molar-refractivity contribution in [2.75, 3.05) is 7.11 Å². The molecule has 2 heterocycles. The predicted molar refractivity (Wildman–Crippen MR) is 110 cm³/mol. The van der Waals surface area contributed by atoms with Gasteiger partial charge >= 0.3 is 0 Å². The summed E-state index contributed by atoms with van der Waals surface area (Å²) >= 11 is 6.09. The zero-order chi connectivity index (χ0) is 19.1. The van der Waals surface area contributed by atoms with Crippen molar-refractivity contribution in [1.29, 1.82) is 0 Å². The van der Waals surface area contributed by atoms with Crippen molar-refractivity contribution >= 4 is 17.3 Å². The van der Waals surface area contributed by atoms with Gasteiger partial charge in [-0.2, -0.15) is 5.10 Å². The van der Waals surface area contributed by atoms with Crippen LogP contribution in [-0.2, 0) is 0 Å². The zero-order valence-corrected chi connectivity index (χ0v) is 16.1. The number of nitrogens with zero attached hydrogens (tertiary/aromatic N) is 2. The van der Waals surface area contributed by atoms with E-state index in [2.05, 4.69) is 23.2 Å². The Hall–Kier alpha value is -2.98. The van der Waals surface area contributed by atoms with Crippen LogP contribution in [0.15, 0.2) is 77.9 Å². The number of rotatable bonds is 3. The number of hydrazone groups is 1. The minimum Gasteiger partial charge on any atom is -0.493 e. The van der Waals surface area contributed by atoms with Crippen LogP contribution >= 0.6 is 11.6 Å². The third-order valence-electron chi connectivity index (χ3n) is 5.26. The summed E-state index contributed by atoms with van der Waals surface area (Å²) in [6.45, 7) is 0. The molecule has 5 rings (SSSR count). The molecule has 140 valence electrons. The first-order valence-corrected chi connectivity index (χ1v) is 9.62. The summed E-state index contributed by atoms with van der Waals surface area (Å²) in [5, 5.41) is 7.73. The Bertz CT molecular complexity index is 1030. The van der Waals surface area contributed by atoms with Crippen molar-refractivity contribution in [2.24, 2.45) is 5.10 Å². The fourth-order valence-electron chi connectivity index (χ4n) is 3.90. The lowest BCUT2D eigenvalue weighted by atomic mass is 9.95. The maximum Gasteiger partial charge on any atom is 0.214 e. The second-order valence-electron chi connectivity index (χ2n) is 6.91. The fraction of sp³-hybridized carbons (Fsp3) is 0.174. The summed E-state index contributed by atoms with van der Waals surface area (Å²) in [5.41, 5.74) is 4.29. The van der Waals surface area contributed by atoms with E-state index in [1.807, 2.05) is 54.6 Å². The molecule has 3 aromatic carbocycles. The molecular formula is C23H19ClN2O2. The standard InChI is InChI=1S/C23H19ClN2O2/c1-27-21-9-5-8-18-20-14-19(15-6-3-2-4-7-15)25-26(20)23(28-22(18)21)16-10-12-17(24)13-11-16/h2-13,20,23H,14H2,1H3. The second kappa shape index (κ2) is 6.88. The Labute approximate surface area is 169 Å². The van der Waals surface area contributed by atoms with Gasteiger partial charge in [0.25, 0.3) is 0 Å². The number of methoxy groups -OCH3 is 1. The Morgan fingerprint density at radius 2 is 1.79 bits per heavy atom. The first-order valence-electron chi connectivity index (χ1n) is 9.25. The molecule has 0 aromatic heterocycles. The van der Waals surface area contributed by atoms with Gasteiger partial charge in [-0.25, -0.2) is 5.01 Å². The predicted octanol–water partition coefficient (Wildman–Crippen LogP) is 5.59. The van der Waals surface area contributed by atoms with E-state index in [9.17, 15) is 0 Å². The molecule has 0 saturated carbocycles. The molecule has 0 radical (unpaired) electrons. The van der Waals surface area contributed by atoms with Gasteiger partial charge < -0.3 is 9.47 Å². The van der Waals surface area contributed by atoms with Crippen LogP contribution in [0.4, 0.5) is 0 Å². The average Bonchev–Trinajstić information content (AvgIpc) is 3.20. The van der Waals surface area contributed by atoms with Crippen LogP contribution in [0.3, 0.4) is 0 Å². The van der Waals surface area contributed by atoms with Crippen LogP contribution < -0.4 is 9.47 Å². The summed E-state index contributed by atoms with van der Waals surface area (Å²) in [4.78, 5) is 0. The summed E-state index contributed by atoms with van der Waals surface area (Å²) in [7, 11) is 1.67. The highest BCUT2D eigenvalue weighted by atomic mass is 35.5. The summed E-state index contributed by atoms with van der Waals surface area (Å²) in [6, 6.07) is 24.2. The quantitative estimate of drug-likeness (QED) is 0.584. The van der Waals surface area contributed by atoms with Crippen LogP contribution in [0.1, 0.15) is 35.4 Å². The zero-order valence-electron chi connectivity index (χ0n) is 15.4. The van der Waals surface area contributed by atoms with Crippen molar-refractivity contribution in [3.8, 4) is 11.5 Å². The maximum absolute atomic E-state index is 6.43. The Kier molecular flexibility index (Phi) is 4.21. The molecule has 28 heavy (non-hydrogen) atoms. The van der Waals surface area contributed by atoms with E-state index < -0.39 is 0 Å². The third-order valence-corrected chi connectivity index (χ3v) is 5.51. The summed E-state index contributed by atoms with van der Waals surface area (Å²) in [5.74, 6) is 1.53. The molecule has 0 amide bonds. The first-order chi connectivity index (χ1) is 13.7. The molecule has 0 saturated heterocycles. The highest BCUT2D eigenvalue weighted by Gasteiger charge is 2.42. The number of ether oxygens (including phenoxy) is 2. The van der Waals surface area contributed by atoms with Crippen LogP contribution in [0.5, 0.6) is 11.5 Å². The molecule has 0 N–H and O–H groups in total. The molecule has 0 aliphatic carbocycles. The van der Waals surface area contributed by atoms with Crippen molar-refractivity contribution in [1.82, 2.24) is 5.01 Å². The van der Waals surface area contributed by atoms with Crippen LogP contribution in [0.25, 0.3) is 0 Å². The van der Waals surface area contributed by atoms with Gasteiger partial charge in [0.2, 0.25) is 6.23 Å². The molecule has 3 aromatic rings. The summed E-state index contributed by atoms with van der Waals surface area (Å²) < 4.78 is 12.0. The third kappa shape index (κ3) is 2.81. The number of hydrogen-bond donors (Lipinski definition) is 0.